The van der Waals surface area contributed by atoms with E-state index < -0.39 is 29.6 Å². The van der Waals surface area contributed by atoms with E-state index in [4.69, 9.17) is 4.74 Å². The molecule has 36 heavy (non-hydrogen) atoms. The Hall–Kier alpha value is -3.59. The van der Waals surface area contributed by atoms with Crippen LogP contribution < -0.4 is 0 Å². The van der Waals surface area contributed by atoms with Crippen LogP contribution in [0.3, 0.4) is 0 Å². The molecular weight excluding hydrogens is 473 g/mol. The molecule has 1 unspecified atom stereocenters. The molecule has 2 aromatic rings. The Morgan fingerprint density at radius 2 is 1.69 bits per heavy atom. The van der Waals surface area contributed by atoms with Crippen molar-refractivity contribution in [3.63, 3.8) is 0 Å². The molecule has 1 atom stereocenters. The number of ether oxygens (including phenoxy) is 1. The van der Waals surface area contributed by atoms with Crippen LogP contribution in [0, 0.1) is 0 Å². The summed E-state index contributed by atoms with van der Waals surface area (Å²) in [7, 11) is 2.90. The van der Waals surface area contributed by atoms with E-state index in [2.05, 4.69) is 17.0 Å². The molecule has 2 heterocycles. The highest BCUT2D eigenvalue weighted by Crippen LogP contribution is 2.43. The molecule has 0 bridgehead atoms. The molecule has 0 aliphatic carbocycles. The Morgan fingerprint density at radius 1 is 1.06 bits per heavy atom. The van der Waals surface area contributed by atoms with Crippen LogP contribution in [0.2, 0.25) is 0 Å². The molecule has 0 fully saturated rings. The highest BCUT2D eigenvalue weighted by Gasteiger charge is 2.41. The molecule has 0 radical (unpaired) electrons. The number of fused-ring (bicyclic) bond motifs is 1. The summed E-state index contributed by atoms with van der Waals surface area (Å²) in [6, 6.07) is 12.4. The molecule has 2 aliphatic heterocycles. The zero-order chi connectivity index (χ0) is 26.2. The SMILES string of the molecule is COC(=O)C1=C(CN2CCc3ccccc3C2)N(C)C(C)=C(C(=O)O)C1c1ccc(C(F)(F)F)cc1. The summed E-state index contributed by atoms with van der Waals surface area (Å²) in [5.41, 5.74) is 2.87. The number of likely N-dealkylation sites (N-methyl/N-ethyl adjacent to an activating group) is 1. The number of nitrogens with zero attached hydrogens (tertiary/aromatic N) is 2. The van der Waals surface area contributed by atoms with Crippen molar-refractivity contribution in [2.75, 3.05) is 27.2 Å². The van der Waals surface area contributed by atoms with Gasteiger partial charge in [0.15, 0.2) is 0 Å². The topological polar surface area (TPSA) is 70.1 Å². The van der Waals surface area contributed by atoms with Gasteiger partial charge in [-0.2, -0.15) is 13.2 Å². The van der Waals surface area contributed by atoms with Crippen molar-refractivity contribution < 1.29 is 32.6 Å². The number of carboxylic acid groups (broad SMARTS) is 1. The van der Waals surface area contributed by atoms with Gasteiger partial charge in [-0.3, -0.25) is 4.90 Å². The number of halogens is 3. The first-order valence-corrected chi connectivity index (χ1v) is 11.5. The zero-order valence-electron chi connectivity index (χ0n) is 20.2. The maximum atomic E-state index is 13.2. The highest BCUT2D eigenvalue weighted by atomic mass is 19.4. The Labute approximate surface area is 207 Å². The van der Waals surface area contributed by atoms with E-state index in [0.717, 1.165) is 25.1 Å². The van der Waals surface area contributed by atoms with Crippen LogP contribution in [-0.4, -0.2) is 54.1 Å². The average Bonchev–Trinajstić information content (AvgIpc) is 2.85. The molecule has 9 heteroatoms. The van der Waals surface area contributed by atoms with Crippen LogP contribution in [-0.2, 0) is 33.5 Å². The van der Waals surface area contributed by atoms with Crippen molar-refractivity contribution >= 4 is 11.9 Å². The lowest BCUT2D eigenvalue weighted by Crippen LogP contribution is -2.40. The number of aliphatic carboxylic acids is 1. The van der Waals surface area contributed by atoms with E-state index in [-0.39, 0.29) is 16.7 Å². The number of benzene rings is 2. The molecule has 0 saturated heterocycles. The van der Waals surface area contributed by atoms with Gasteiger partial charge in [0.05, 0.1) is 29.7 Å². The Balaban J connectivity index is 1.81. The van der Waals surface area contributed by atoms with Crippen molar-refractivity contribution in [1.29, 1.82) is 0 Å². The molecule has 0 spiro atoms. The van der Waals surface area contributed by atoms with Crippen LogP contribution in [0.1, 0.15) is 35.1 Å². The minimum absolute atomic E-state index is 0.0783. The predicted molar refractivity (Wildman–Crippen MR) is 127 cm³/mol. The number of hydrogen-bond acceptors (Lipinski definition) is 5. The van der Waals surface area contributed by atoms with E-state index in [1.54, 1.807) is 18.9 Å². The third kappa shape index (κ3) is 4.75. The van der Waals surface area contributed by atoms with Gasteiger partial charge in [-0.15, -0.1) is 0 Å². The van der Waals surface area contributed by atoms with E-state index in [1.807, 2.05) is 12.1 Å². The van der Waals surface area contributed by atoms with Gasteiger partial charge in [-0.1, -0.05) is 36.4 Å². The molecule has 0 amide bonds. The molecule has 4 rings (SSSR count). The lowest BCUT2D eigenvalue weighted by atomic mass is 9.79. The van der Waals surface area contributed by atoms with Crippen LogP contribution in [0.5, 0.6) is 0 Å². The quantitative estimate of drug-likeness (QED) is 0.607. The van der Waals surface area contributed by atoms with Crippen molar-refractivity contribution in [3.05, 3.63) is 93.3 Å². The van der Waals surface area contributed by atoms with Gasteiger partial charge < -0.3 is 14.7 Å². The van der Waals surface area contributed by atoms with Crippen molar-refractivity contribution in [2.24, 2.45) is 0 Å². The van der Waals surface area contributed by atoms with Crippen molar-refractivity contribution in [1.82, 2.24) is 9.80 Å². The van der Waals surface area contributed by atoms with E-state index >= 15 is 0 Å². The fraction of sp³-hybridized carbons (Fsp3) is 0.333. The van der Waals surface area contributed by atoms with Crippen molar-refractivity contribution in [3.8, 4) is 0 Å². The summed E-state index contributed by atoms with van der Waals surface area (Å²) >= 11 is 0. The predicted octanol–water partition coefficient (Wildman–Crippen LogP) is 4.58. The minimum Gasteiger partial charge on any atom is -0.478 e. The Morgan fingerprint density at radius 3 is 2.28 bits per heavy atom. The van der Waals surface area contributed by atoms with Crippen LogP contribution >= 0.6 is 0 Å². The van der Waals surface area contributed by atoms with Crippen LogP contribution in [0.4, 0.5) is 13.2 Å². The number of carbonyl (C=O) groups is 2. The number of methoxy groups -OCH3 is 1. The third-order valence-corrected chi connectivity index (χ3v) is 6.98. The smallest absolute Gasteiger partial charge is 0.416 e. The first-order chi connectivity index (χ1) is 17.0. The summed E-state index contributed by atoms with van der Waals surface area (Å²) < 4.78 is 44.6. The van der Waals surface area contributed by atoms with Gasteiger partial charge in [0.1, 0.15) is 0 Å². The third-order valence-electron chi connectivity index (χ3n) is 6.98. The van der Waals surface area contributed by atoms with Crippen LogP contribution in [0.25, 0.3) is 0 Å². The van der Waals surface area contributed by atoms with E-state index in [1.165, 1.54) is 30.4 Å². The maximum absolute atomic E-state index is 13.2. The first-order valence-electron chi connectivity index (χ1n) is 11.5. The molecule has 190 valence electrons. The fourth-order valence-corrected chi connectivity index (χ4v) is 5.00. The van der Waals surface area contributed by atoms with Gasteiger partial charge in [0.2, 0.25) is 0 Å². The second-order valence-corrected chi connectivity index (χ2v) is 9.00. The normalized spacial score (nSPS) is 18.8. The summed E-state index contributed by atoms with van der Waals surface area (Å²) in [4.78, 5) is 29.3. The van der Waals surface area contributed by atoms with E-state index in [0.29, 0.717) is 24.5 Å². The van der Waals surface area contributed by atoms with Crippen molar-refractivity contribution in [2.45, 2.75) is 32.0 Å². The largest absolute Gasteiger partial charge is 0.478 e. The number of alkyl halides is 3. The van der Waals surface area contributed by atoms with E-state index in [9.17, 15) is 27.9 Å². The number of carbonyl (C=O) groups excluding carboxylic acids is 1. The molecule has 0 saturated carbocycles. The van der Waals surface area contributed by atoms with Gasteiger partial charge in [-0.25, -0.2) is 9.59 Å². The summed E-state index contributed by atoms with van der Waals surface area (Å²) in [5.74, 6) is -3.05. The number of rotatable bonds is 5. The summed E-state index contributed by atoms with van der Waals surface area (Å²) in [6.45, 7) is 3.38. The Bertz CT molecular complexity index is 1250. The van der Waals surface area contributed by atoms with Crippen LogP contribution in [0.15, 0.2) is 71.1 Å². The van der Waals surface area contributed by atoms with Gasteiger partial charge in [-0.05, 0) is 42.2 Å². The molecule has 1 N–H and O–H groups in total. The summed E-state index contributed by atoms with van der Waals surface area (Å²) in [6.07, 6.45) is -3.71. The monoisotopic (exact) mass is 500 g/mol. The molecular formula is C27H27F3N2O4. The second-order valence-electron chi connectivity index (χ2n) is 9.00. The van der Waals surface area contributed by atoms with Gasteiger partial charge in [0.25, 0.3) is 0 Å². The summed E-state index contributed by atoms with van der Waals surface area (Å²) in [5, 5.41) is 10.1. The standard InChI is InChI=1S/C27H27F3N2O4/c1-16-22(25(33)34)23(18-8-10-20(11-9-18)27(28,29)30)24(26(35)36-3)21(31(16)2)15-32-13-12-17-6-4-5-7-19(17)14-32/h4-11,23H,12-15H2,1-3H3,(H,33,34). The number of esters is 1. The zero-order valence-corrected chi connectivity index (χ0v) is 20.2. The number of hydrogen-bond donors (Lipinski definition) is 1. The Kier molecular flexibility index (Phi) is 6.95. The highest BCUT2D eigenvalue weighted by molar-refractivity contribution is 5.99. The van der Waals surface area contributed by atoms with Gasteiger partial charge in [0, 0.05) is 38.1 Å². The second kappa shape index (κ2) is 9.81. The number of allylic oxidation sites excluding steroid dienone is 1. The lowest BCUT2D eigenvalue weighted by molar-refractivity contribution is -0.138. The fourth-order valence-electron chi connectivity index (χ4n) is 5.00. The maximum Gasteiger partial charge on any atom is 0.416 e. The molecule has 2 aliphatic rings. The lowest BCUT2D eigenvalue weighted by Gasteiger charge is -2.39. The number of carboxylic acids is 1. The molecule has 6 nitrogen and oxygen atoms in total. The molecule has 0 aromatic heterocycles. The van der Waals surface area contributed by atoms with Gasteiger partial charge >= 0.3 is 18.1 Å². The first kappa shape index (κ1) is 25.5. The molecule has 2 aromatic carbocycles. The average molecular weight is 501 g/mol. The minimum atomic E-state index is -4.54.